The van der Waals surface area contributed by atoms with E-state index < -0.39 is 0 Å². The van der Waals surface area contributed by atoms with Crippen LogP contribution in [0.25, 0.3) is 0 Å². The predicted molar refractivity (Wildman–Crippen MR) is 71.2 cm³/mol. The number of hydrogen-bond donors (Lipinski definition) is 1. The van der Waals surface area contributed by atoms with Crippen molar-refractivity contribution in [3.05, 3.63) is 34.9 Å². The molecule has 0 amide bonds. The number of nitrogens with two attached hydrogens (primary N) is 1. The van der Waals surface area contributed by atoms with Crippen molar-refractivity contribution in [2.45, 2.75) is 51.2 Å². The van der Waals surface area contributed by atoms with Gasteiger partial charge in [0.25, 0.3) is 0 Å². The van der Waals surface area contributed by atoms with Gasteiger partial charge in [-0.05, 0) is 34.9 Å². The average molecular weight is 233 g/mol. The van der Waals surface area contributed by atoms with Gasteiger partial charge in [0.15, 0.2) is 0 Å². The van der Waals surface area contributed by atoms with Gasteiger partial charge >= 0.3 is 0 Å². The molecule has 0 fully saturated rings. The van der Waals surface area contributed by atoms with Gasteiger partial charge in [0.05, 0.1) is 12.1 Å². The van der Waals surface area contributed by atoms with Gasteiger partial charge in [-0.1, -0.05) is 39.0 Å². The molecule has 2 atom stereocenters. The molecule has 0 heterocycles. The standard InChI is InChI=1S/C15H23NO/c1-15(2,3)11-7-5-10-6-8-13(17-4)14(16)12(10)9-11/h5,7,9,13-14H,6,8,16H2,1-4H3. The van der Waals surface area contributed by atoms with Crippen LogP contribution in [0.4, 0.5) is 0 Å². The fourth-order valence-electron chi connectivity index (χ4n) is 2.54. The van der Waals surface area contributed by atoms with Crippen molar-refractivity contribution in [1.29, 1.82) is 0 Å². The molecule has 94 valence electrons. The van der Waals surface area contributed by atoms with Crippen LogP contribution >= 0.6 is 0 Å². The smallest absolute Gasteiger partial charge is 0.0767 e. The maximum Gasteiger partial charge on any atom is 0.0767 e. The summed E-state index contributed by atoms with van der Waals surface area (Å²) in [6.45, 7) is 6.70. The summed E-state index contributed by atoms with van der Waals surface area (Å²) >= 11 is 0. The van der Waals surface area contributed by atoms with Gasteiger partial charge < -0.3 is 10.5 Å². The zero-order chi connectivity index (χ0) is 12.6. The summed E-state index contributed by atoms with van der Waals surface area (Å²) in [7, 11) is 1.75. The lowest BCUT2D eigenvalue weighted by Gasteiger charge is -2.31. The molecular weight excluding hydrogens is 210 g/mol. The second-order valence-electron chi connectivity index (χ2n) is 6.00. The van der Waals surface area contributed by atoms with Gasteiger partial charge in [-0.2, -0.15) is 0 Å². The lowest BCUT2D eigenvalue weighted by molar-refractivity contribution is 0.0678. The number of ether oxygens (including phenoxy) is 1. The van der Waals surface area contributed by atoms with Crippen LogP contribution in [-0.2, 0) is 16.6 Å². The highest BCUT2D eigenvalue weighted by molar-refractivity contribution is 5.39. The third-order valence-corrected chi connectivity index (χ3v) is 3.77. The van der Waals surface area contributed by atoms with Gasteiger partial charge in [-0.15, -0.1) is 0 Å². The summed E-state index contributed by atoms with van der Waals surface area (Å²) in [5.41, 5.74) is 10.5. The number of rotatable bonds is 1. The molecule has 2 heteroatoms. The van der Waals surface area contributed by atoms with Gasteiger partial charge in [0.1, 0.15) is 0 Å². The van der Waals surface area contributed by atoms with E-state index in [0.717, 1.165) is 12.8 Å². The van der Waals surface area contributed by atoms with E-state index in [1.54, 1.807) is 7.11 Å². The molecule has 1 aromatic rings. The third-order valence-electron chi connectivity index (χ3n) is 3.77. The summed E-state index contributed by atoms with van der Waals surface area (Å²) in [5.74, 6) is 0. The molecule has 0 radical (unpaired) electrons. The van der Waals surface area contributed by atoms with E-state index in [0.29, 0.717) is 0 Å². The van der Waals surface area contributed by atoms with Gasteiger partial charge in [-0.25, -0.2) is 0 Å². The number of aryl methyl sites for hydroxylation is 1. The van der Waals surface area contributed by atoms with Crippen LogP contribution in [0.1, 0.15) is 49.9 Å². The molecule has 0 aromatic heterocycles. The molecule has 1 aliphatic carbocycles. The Kier molecular flexibility index (Phi) is 3.28. The van der Waals surface area contributed by atoms with E-state index in [9.17, 15) is 0 Å². The quantitative estimate of drug-likeness (QED) is 0.809. The summed E-state index contributed by atoms with van der Waals surface area (Å²) < 4.78 is 5.46. The number of benzene rings is 1. The normalized spacial score (nSPS) is 24.5. The Balaban J connectivity index is 2.40. The Labute approximate surface area is 104 Å². The van der Waals surface area contributed by atoms with Crippen molar-refractivity contribution in [3.8, 4) is 0 Å². The van der Waals surface area contributed by atoms with Crippen molar-refractivity contribution >= 4 is 0 Å². The average Bonchev–Trinajstić information content (AvgIpc) is 2.28. The monoisotopic (exact) mass is 233 g/mol. The molecule has 17 heavy (non-hydrogen) atoms. The number of methoxy groups -OCH3 is 1. The lowest BCUT2D eigenvalue weighted by Crippen LogP contribution is -2.33. The Morgan fingerprint density at radius 3 is 2.59 bits per heavy atom. The van der Waals surface area contributed by atoms with E-state index in [1.807, 2.05) is 0 Å². The zero-order valence-electron chi connectivity index (χ0n) is 11.3. The molecule has 2 rings (SSSR count). The van der Waals surface area contributed by atoms with Gasteiger partial charge in [0, 0.05) is 7.11 Å². The van der Waals surface area contributed by atoms with Crippen molar-refractivity contribution < 1.29 is 4.74 Å². The van der Waals surface area contributed by atoms with Crippen molar-refractivity contribution in [3.63, 3.8) is 0 Å². The lowest BCUT2D eigenvalue weighted by atomic mass is 9.80. The SMILES string of the molecule is COC1CCc2ccc(C(C)(C)C)cc2C1N. The van der Waals surface area contributed by atoms with Gasteiger partial charge in [-0.3, -0.25) is 0 Å². The predicted octanol–water partition coefficient (Wildman–Crippen LogP) is 2.95. The number of hydrogen-bond acceptors (Lipinski definition) is 2. The molecular formula is C15H23NO. The van der Waals surface area contributed by atoms with Crippen LogP contribution in [0.15, 0.2) is 18.2 Å². The molecule has 2 N–H and O–H groups in total. The van der Waals surface area contributed by atoms with Crippen LogP contribution in [0.3, 0.4) is 0 Å². The highest BCUT2D eigenvalue weighted by Gasteiger charge is 2.27. The Hall–Kier alpha value is -0.860. The van der Waals surface area contributed by atoms with Gasteiger partial charge in [0.2, 0.25) is 0 Å². The van der Waals surface area contributed by atoms with Crippen LogP contribution in [0.5, 0.6) is 0 Å². The first-order chi connectivity index (χ1) is 7.93. The van der Waals surface area contributed by atoms with Crippen LogP contribution in [-0.4, -0.2) is 13.2 Å². The molecule has 1 aromatic carbocycles. The molecule has 0 spiro atoms. The van der Waals surface area contributed by atoms with E-state index in [4.69, 9.17) is 10.5 Å². The van der Waals surface area contributed by atoms with Crippen molar-refractivity contribution in [1.82, 2.24) is 0 Å². The molecule has 0 saturated carbocycles. The molecule has 0 bridgehead atoms. The fourth-order valence-corrected chi connectivity index (χ4v) is 2.54. The number of fused-ring (bicyclic) bond motifs is 1. The van der Waals surface area contributed by atoms with Crippen LogP contribution < -0.4 is 5.73 Å². The van der Waals surface area contributed by atoms with E-state index in [2.05, 4.69) is 39.0 Å². The van der Waals surface area contributed by atoms with Crippen LogP contribution in [0, 0.1) is 0 Å². The van der Waals surface area contributed by atoms with E-state index in [1.165, 1.54) is 16.7 Å². The minimum Gasteiger partial charge on any atom is -0.379 e. The second kappa shape index (κ2) is 4.43. The van der Waals surface area contributed by atoms with Crippen molar-refractivity contribution in [2.75, 3.05) is 7.11 Å². The van der Waals surface area contributed by atoms with Crippen LogP contribution in [0.2, 0.25) is 0 Å². The molecule has 1 aliphatic rings. The first kappa shape index (κ1) is 12.6. The summed E-state index contributed by atoms with van der Waals surface area (Å²) in [6.07, 6.45) is 2.27. The maximum atomic E-state index is 6.29. The highest BCUT2D eigenvalue weighted by Crippen LogP contribution is 2.33. The molecule has 0 saturated heterocycles. The van der Waals surface area contributed by atoms with E-state index in [-0.39, 0.29) is 17.6 Å². The fraction of sp³-hybridized carbons (Fsp3) is 0.600. The largest absolute Gasteiger partial charge is 0.379 e. The summed E-state index contributed by atoms with van der Waals surface area (Å²) in [6, 6.07) is 6.76. The first-order valence-electron chi connectivity index (χ1n) is 6.35. The third kappa shape index (κ3) is 2.38. The molecule has 2 unspecified atom stereocenters. The summed E-state index contributed by atoms with van der Waals surface area (Å²) in [4.78, 5) is 0. The van der Waals surface area contributed by atoms with Crippen molar-refractivity contribution in [2.24, 2.45) is 5.73 Å². The Bertz CT molecular complexity index is 406. The minimum absolute atomic E-state index is 0.0195. The molecule has 0 aliphatic heterocycles. The minimum atomic E-state index is 0.0195. The highest BCUT2D eigenvalue weighted by atomic mass is 16.5. The zero-order valence-corrected chi connectivity index (χ0v) is 11.3. The maximum absolute atomic E-state index is 6.29. The Morgan fingerprint density at radius 2 is 2.00 bits per heavy atom. The Morgan fingerprint density at radius 1 is 1.29 bits per heavy atom. The molecule has 2 nitrogen and oxygen atoms in total. The second-order valence-corrected chi connectivity index (χ2v) is 6.00. The topological polar surface area (TPSA) is 35.2 Å². The first-order valence-corrected chi connectivity index (χ1v) is 6.35. The summed E-state index contributed by atoms with van der Waals surface area (Å²) in [5, 5.41) is 0. The van der Waals surface area contributed by atoms with E-state index >= 15 is 0 Å².